The number of aromatic nitrogens is 3. The average Bonchev–Trinajstić information content (AvgIpc) is 3.37. The molecule has 2 aromatic carbocycles. The summed E-state index contributed by atoms with van der Waals surface area (Å²) in [6.07, 6.45) is 5.43. The van der Waals surface area contributed by atoms with Crippen LogP contribution in [0.3, 0.4) is 0 Å². The zero-order valence-electron chi connectivity index (χ0n) is 21.0. The third-order valence-electron chi connectivity index (χ3n) is 5.57. The number of hydrogen-bond acceptors (Lipinski definition) is 8. The van der Waals surface area contributed by atoms with E-state index in [0.29, 0.717) is 52.2 Å². The number of carbonyl (C=O) groups excluding carboxylic acids is 1. The van der Waals surface area contributed by atoms with E-state index >= 15 is 0 Å². The van der Waals surface area contributed by atoms with Crippen LogP contribution in [-0.4, -0.2) is 73.7 Å². The van der Waals surface area contributed by atoms with E-state index in [1.807, 2.05) is 54.0 Å². The Labute approximate surface area is 209 Å². The maximum absolute atomic E-state index is 12.7. The van der Waals surface area contributed by atoms with Gasteiger partial charge >= 0.3 is 0 Å². The molecule has 0 bridgehead atoms. The van der Waals surface area contributed by atoms with Gasteiger partial charge in [-0.25, -0.2) is 9.97 Å². The summed E-state index contributed by atoms with van der Waals surface area (Å²) >= 11 is 0. The van der Waals surface area contributed by atoms with E-state index in [-0.39, 0.29) is 5.91 Å². The van der Waals surface area contributed by atoms with Crippen LogP contribution in [0, 0.1) is 0 Å². The van der Waals surface area contributed by atoms with Crippen molar-refractivity contribution in [3.8, 4) is 28.5 Å². The number of methoxy groups -OCH3 is 3. The minimum atomic E-state index is -0.127. The van der Waals surface area contributed by atoms with Crippen LogP contribution in [0.4, 0.5) is 11.5 Å². The topological polar surface area (TPSA) is 102 Å². The number of nitrogens with zero attached hydrogens (tertiary/aromatic N) is 4. The number of rotatable bonds is 10. The lowest BCUT2D eigenvalue weighted by Gasteiger charge is -2.15. The van der Waals surface area contributed by atoms with Crippen molar-refractivity contribution < 1.29 is 19.0 Å². The van der Waals surface area contributed by atoms with Gasteiger partial charge < -0.3 is 34.1 Å². The van der Waals surface area contributed by atoms with Gasteiger partial charge in [0.25, 0.3) is 5.91 Å². The van der Waals surface area contributed by atoms with Gasteiger partial charge in [-0.3, -0.25) is 4.79 Å². The number of nitrogens with one attached hydrogen (secondary N) is 2. The molecule has 36 heavy (non-hydrogen) atoms. The van der Waals surface area contributed by atoms with Crippen molar-refractivity contribution in [2.24, 2.45) is 0 Å². The van der Waals surface area contributed by atoms with Crippen LogP contribution in [0.25, 0.3) is 16.9 Å². The van der Waals surface area contributed by atoms with E-state index < -0.39 is 0 Å². The Hall–Kier alpha value is -4.31. The Balaban J connectivity index is 1.68. The van der Waals surface area contributed by atoms with Gasteiger partial charge in [-0.2, -0.15) is 0 Å². The summed E-state index contributed by atoms with van der Waals surface area (Å²) in [6.45, 7) is 1.33. The first-order chi connectivity index (χ1) is 17.4. The molecular formula is C26H30N6O4. The number of carbonyl (C=O) groups is 1. The number of likely N-dealkylation sites (N-methyl/N-ethyl adjacent to an activating group) is 1. The molecule has 0 aliphatic heterocycles. The minimum absolute atomic E-state index is 0.127. The van der Waals surface area contributed by atoms with Gasteiger partial charge in [0.1, 0.15) is 0 Å². The molecule has 0 aliphatic carbocycles. The third-order valence-corrected chi connectivity index (χ3v) is 5.57. The Morgan fingerprint density at radius 2 is 1.81 bits per heavy atom. The lowest BCUT2D eigenvalue weighted by molar-refractivity contribution is 0.0951. The Morgan fingerprint density at radius 3 is 2.47 bits per heavy atom. The molecule has 2 heterocycles. The fraction of sp³-hybridized carbons (Fsp3) is 0.269. The van der Waals surface area contributed by atoms with Gasteiger partial charge in [-0.1, -0.05) is 12.1 Å². The SMILES string of the molecule is COc1cc(Nc2nc(-c3cccc(C(=O)NCCN(C)C)c3)cn3ccnc23)cc(OC)c1OC. The average molecular weight is 491 g/mol. The summed E-state index contributed by atoms with van der Waals surface area (Å²) in [5.41, 5.74) is 3.38. The highest BCUT2D eigenvalue weighted by Crippen LogP contribution is 2.40. The zero-order chi connectivity index (χ0) is 25.7. The van der Waals surface area contributed by atoms with E-state index in [1.54, 1.807) is 45.7 Å². The molecule has 10 nitrogen and oxygen atoms in total. The van der Waals surface area contributed by atoms with Crippen molar-refractivity contribution in [1.29, 1.82) is 0 Å². The van der Waals surface area contributed by atoms with E-state index in [9.17, 15) is 4.79 Å². The first-order valence-electron chi connectivity index (χ1n) is 11.4. The van der Waals surface area contributed by atoms with Gasteiger partial charge in [-0.05, 0) is 26.2 Å². The lowest BCUT2D eigenvalue weighted by atomic mass is 10.1. The number of anilines is 2. The van der Waals surface area contributed by atoms with Crippen molar-refractivity contribution in [3.63, 3.8) is 0 Å². The fourth-order valence-corrected chi connectivity index (χ4v) is 3.76. The number of ether oxygens (including phenoxy) is 3. The molecule has 0 radical (unpaired) electrons. The zero-order valence-corrected chi connectivity index (χ0v) is 21.0. The van der Waals surface area contributed by atoms with Gasteiger partial charge in [0.2, 0.25) is 5.75 Å². The minimum Gasteiger partial charge on any atom is -0.493 e. The van der Waals surface area contributed by atoms with Crippen LogP contribution in [-0.2, 0) is 0 Å². The van der Waals surface area contributed by atoms with Crippen LogP contribution in [0.1, 0.15) is 10.4 Å². The second kappa shape index (κ2) is 11.0. The maximum atomic E-state index is 12.7. The molecule has 2 aromatic heterocycles. The number of imidazole rings is 1. The Bertz CT molecular complexity index is 1340. The van der Waals surface area contributed by atoms with Crippen LogP contribution in [0.15, 0.2) is 55.0 Å². The first-order valence-corrected chi connectivity index (χ1v) is 11.4. The second-order valence-corrected chi connectivity index (χ2v) is 8.31. The predicted octanol–water partition coefficient (Wildman–Crippen LogP) is 3.46. The molecule has 0 saturated heterocycles. The quantitative estimate of drug-likeness (QED) is 0.349. The molecule has 2 N–H and O–H groups in total. The molecule has 0 aliphatic rings. The monoisotopic (exact) mass is 490 g/mol. The smallest absolute Gasteiger partial charge is 0.251 e. The largest absolute Gasteiger partial charge is 0.493 e. The molecule has 0 spiro atoms. The van der Waals surface area contributed by atoms with Crippen molar-refractivity contribution in [2.75, 3.05) is 53.8 Å². The van der Waals surface area contributed by atoms with Crippen molar-refractivity contribution in [2.45, 2.75) is 0 Å². The van der Waals surface area contributed by atoms with Gasteiger partial charge in [0.15, 0.2) is 23.0 Å². The van der Waals surface area contributed by atoms with Crippen LogP contribution >= 0.6 is 0 Å². The first kappa shape index (κ1) is 24.8. The van der Waals surface area contributed by atoms with E-state index in [0.717, 1.165) is 12.1 Å². The number of amides is 1. The van der Waals surface area contributed by atoms with Gasteiger partial charge in [-0.15, -0.1) is 0 Å². The summed E-state index contributed by atoms with van der Waals surface area (Å²) in [4.78, 5) is 23.9. The van der Waals surface area contributed by atoms with Crippen LogP contribution in [0.2, 0.25) is 0 Å². The number of benzene rings is 2. The summed E-state index contributed by atoms with van der Waals surface area (Å²) < 4.78 is 18.2. The Morgan fingerprint density at radius 1 is 1.06 bits per heavy atom. The standard InChI is InChI=1S/C26H30N6O4/c1-31(2)11-9-28-26(33)18-8-6-7-17(13-18)20-16-32-12-10-27-25(32)24(30-20)29-19-14-21(34-3)23(36-5)22(15-19)35-4/h6-8,10,12-16H,9,11H2,1-5H3,(H,28,33)(H,29,30). The predicted molar refractivity (Wildman–Crippen MR) is 139 cm³/mol. The van der Waals surface area contributed by atoms with E-state index in [4.69, 9.17) is 19.2 Å². The molecule has 0 atom stereocenters. The molecule has 0 saturated carbocycles. The molecule has 0 fully saturated rings. The molecular weight excluding hydrogens is 460 g/mol. The maximum Gasteiger partial charge on any atom is 0.251 e. The molecule has 4 aromatic rings. The molecule has 188 valence electrons. The highest BCUT2D eigenvalue weighted by atomic mass is 16.5. The number of hydrogen-bond donors (Lipinski definition) is 2. The molecule has 0 unspecified atom stereocenters. The van der Waals surface area contributed by atoms with Crippen molar-refractivity contribution >= 4 is 23.1 Å². The van der Waals surface area contributed by atoms with Crippen molar-refractivity contribution in [3.05, 3.63) is 60.6 Å². The third kappa shape index (κ3) is 5.33. The second-order valence-electron chi connectivity index (χ2n) is 8.31. The fourth-order valence-electron chi connectivity index (χ4n) is 3.76. The van der Waals surface area contributed by atoms with Crippen molar-refractivity contribution in [1.82, 2.24) is 24.6 Å². The van der Waals surface area contributed by atoms with Crippen LogP contribution < -0.4 is 24.8 Å². The summed E-state index contributed by atoms with van der Waals surface area (Å²) in [7, 11) is 8.62. The van der Waals surface area contributed by atoms with Gasteiger partial charge in [0, 0.05) is 60.6 Å². The summed E-state index contributed by atoms with van der Waals surface area (Å²) in [6, 6.07) is 11.0. The summed E-state index contributed by atoms with van der Waals surface area (Å²) in [5, 5.41) is 6.27. The van der Waals surface area contributed by atoms with Crippen LogP contribution in [0.5, 0.6) is 17.2 Å². The highest BCUT2D eigenvalue weighted by molar-refractivity contribution is 5.95. The molecule has 4 rings (SSSR count). The van der Waals surface area contributed by atoms with Gasteiger partial charge in [0.05, 0.1) is 27.0 Å². The Kier molecular flexibility index (Phi) is 7.55. The lowest BCUT2D eigenvalue weighted by Crippen LogP contribution is -2.31. The normalized spacial score (nSPS) is 10.9. The van der Waals surface area contributed by atoms with E-state index in [2.05, 4.69) is 15.6 Å². The number of fused-ring (bicyclic) bond motifs is 1. The molecule has 10 heteroatoms. The van der Waals surface area contributed by atoms with E-state index in [1.165, 1.54) is 0 Å². The summed E-state index contributed by atoms with van der Waals surface area (Å²) in [5.74, 6) is 1.94. The highest BCUT2D eigenvalue weighted by Gasteiger charge is 2.16. The molecule has 1 amide bonds.